The van der Waals surface area contributed by atoms with Crippen molar-refractivity contribution in [2.75, 3.05) is 11.9 Å². The lowest BCUT2D eigenvalue weighted by Crippen LogP contribution is -2.29. The van der Waals surface area contributed by atoms with E-state index >= 15 is 0 Å². The minimum Gasteiger partial charge on any atom is -0.388 e. The molecule has 5 N–H and O–H groups in total. The number of hydrogen-bond donors (Lipinski definition) is 4. The van der Waals surface area contributed by atoms with E-state index in [4.69, 9.17) is 11.1 Å². The first kappa shape index (κ1) is 14.0. The van der Waals surface area contributed by atoms with Crippen LogP contribution in [0.5, 0.6) is 0 Å². The lowest BCUT2D eigenvalue weighted by molar-refractivity contribution is 0.252. The predicted octanol–water partition coefficient (Wildman–Crippen LogP) is 2.05. The molecule has 0 radical (unpaired) electrons. The first-order valence-corrected chi connectivity index (χ1v) is 5.71. The van der Waals surface area contributed by atoms with Crippen molar-refractivity contribution in [2.45, 2.75) is 19.3 Å². The molecule has 98 valence electrons. The SMILES string of the molecule is N=C(N)CCCCNC(=O)Nc1ccc(F)cc1. The summed E-state index contributed by atoms with van der Waals surface area (Å²) in [5, 5.41) is 12.3. The molecule has 0 aliphatic carbocycles. The maximum atomic E-state index is 12.6. The van der Waals surface area contributed by atoms with E-state index in [9.17, 15) is 9.18 Å². The highest BCUT2D eigenvalue weighted by Crippen LogP contribution is 2.07. The van der Waals surface area contributed by atoms with Crippen molar-refractivity contribution in [1.29, 1.82) is 5.41 Å². The molecule has 0 aromatic heterocycles. The second kappa shape index (κ2) is 7.26. The molecule has 5 nitrogen and oxygen atoms in total. The van der Waals surface area contributed by atoms with Gasteiger partial charge in [0, 0.05) is 18.7 Å². The summed E-state index contributed by atoms with van der Waals surface area (Å²) in [6.45, 7) is 0.514. The van der Waals surface area contributed by atoms with Gasteiger partial charge in [-0.1, -0.05) is 0 Å². The molecule has 18 heavy (non-hydrogen) atoms. The van der Waals surface area contributed by atoms with Gasteiger partial charge in [0.25, 0.3) is 0 Å². The van der Waals surface area contributed by atoms with E-state index in [1.165, 1.54) is 24.3 Å². The molecule has 1 aromatic carbocycles. The van der Waals surface area contributed by atoms with Crippen LogP contribution in [0.15, 0.2) is 24.3 Å². The van der Waals surface area contributed by atoms with Gasteiger partial charge in [-0.2, -0.15) is 0 Å². The van der Waals surface area contributed by atoms with Crippen LogP contribution >= 0.6 is 0 Å². The highest BCUT2D eigenvalue weighted by atomic mass is 19.1. The molecule has 0 aliphatic heterocycles. The summed E-state index contributed by atoms with van der Waals surface area (Å²) in [6, 6.07) is 5.21. The molecule has 0 aliphatic rings. The topological polar surface area (TPSA) is 91.0 Å². The average Bonchev–Trinajstić information content (AvgIpc) is 2.31. The van der Waals surface area contributed by atoms with Gasteiger partial charge in [0.15, 0.2) is 0 Å². The number of anilines is 1. The zero-order valence-electron chi connectivity index (χ0n) is 10.0. The number of unbranched alkanes of at least 4 members (excludes halogenated alkanes) is 1. The molecule has 0 spiro atoms. The number of amides is 2. The Kier molecular flexibility index (Phi) is 5.63. The van der Waals surface area contributed by atoms with Crippen LogP contribution in [-0.4, -0.2) is 18.4 Å². The Labute approximate surface area is 105 Å². The number of nitrogens with one attached hydrogen (secondary N) is 3. The fourth-order valence-corrected chi connectivity index (χ4v) is 1.35. The van der Waals surface area contributed by atoms with Crippen LogP contribution in [0.3, 0.4) is 0 Å². The zero-order chi connectivity index (χ0) is 13.4. The van der Waals surface area contributed by atoms with Crippen LogP contribution in [0.4, 0.5) is 14.9 Å². The largest absolute Gasteiger partial charge is 0.388 e. The summed E-state index contributed by atoms with van der Waals surface area (Å²) in [6.07, 6.45) is 2.07. The maximum absolute atomic E-state index is 12.6. The summed E-state index contributed by atoms with van der Waals surface area (Å²) < 4.78 is 12.6. The van der Waals surface area contributed by atoms with E-state index < -0.39 is 0 Å². The Bertz CT molecular complexity index is 405. The lowest BCUT2D eigenvalue weighted by Gasteiger charge is -2.07. The third kappa shape index (κ3) is 5.83. The van der Waals surface area contributed by atoms with Crippen molar-refractivity contribution in [3.63, 3.8) is 0 Å². The van der Waals surface area contributed by atoms with Crippen LogP contribution in [-0.2, 0) is 0 Å². The fourth-order valence-electron chi connectivity index (χ4n) is 1.35. The predicted molar refractivity (Wildman–Crippen MR) is 69.2 cm³/mol. The van der Waals surface area contributed by atoms with E-state index in [2.05, 4.69) is 10.6 Å². The number of nitrogens with two attached hydrogens (primary N) is 1. The number of amidine groups is 1. The molecule has 1 aromatic rings. The van der Waals surface area contributed by atoms with Crippen molar-refractivity contribution in [1.82, 2.24) is 5.32 Å². The standard InChI is InChI=1S/C12H17FN4O/c13-9-4-6-10(7-5-9)17-12(18)16-8-2-1-3-11(14)15/h4-7H,1-3,8H2,(H3,14,15)(H2,16,17,18). The van der Waals surface area contributed by atoms with Gasteiger partial charge in [-0.3, -0.25) is 5.41 Å². The first-order valence-electron chi connectivity index (χ1n) is 5.71. The number of hydrogen-bond acceptors (Lipinski definition) is 2. The molecule has 1 rings (SSSR count). The monoisotopic (exact) mass is 252 g/mol. The summed E-state index contributed by atoms with van der Waals surface area (Å²) in [5.41, 5.74) is 5.74. The molecule has 0 bridgehead atoms. The van der Waals surface area contributed by atoms with Gasteiger partial charge in [-0.15, -0.1) is 0 Å². The molecule has 2 amide bonds. The van der Waals surface area contributed by atoms with E-state index in [1.54, 1.807) is 0 Å². The number of rotatable bonds is 6. The van der Waals surface area contributed by atoms with Gasteiger partial charge >= 0.3 is 6.03 Å². The van der Waals surface area contributed by atoms with Gasteiger partial charge in [0.05, 0.1) is 5.84 Å². The Balaban J connectivity index is 2.17. The van der Waals surface area contributed by atoms with Gasteiger partial charge in [0.2, 0.25) is 0 Å². The summed E-state index contributed by atoms with van der Waals surface area (Å²) in [7, 11) is 0. The van der Waals surface area contributed by atoms with E-state index in [0.29, 0.717) is 18.7 Å². The van der Waals surface area contributed by atoms with E-state index in [0.717, 1.165) is 12.8 Å². The molecule has 0 fully saturated rings. The van der Waals surface area contributed by atoms with Crippen molar-refractivity contribution in [2.24, 2.45) is 5.73 Å². The molecule has 0 heterocycles. The highest BCUT2D eigenvalue weighted by molar-refractivity contribution is 5.89. The van der Waals surface area contributed by atoms with Crippen molar-refractivity contribution >= 4 is 17.6 Å². The molecule has 0 saturated heterocycles. The maximum Gasteiger partial charge on any atom is 0.319 e. The van der Waals surface area contributed by atoms with Crippen LogP contribution in [0.1, 0.15) is 19.3 Å². The third-order valence-corrected chi connectivity index (χ3v) is 2.26. The molecule has 6 heteroatoms. The minimum atomic E-state index is -0.342. The van der Waals surface area contributed by atoms with Gasteiger partial charge < -0.3 is 16.4 Å². The Morgan fingerprint density at radius 2 is 1.94 bits per heavy atom. The van der Waals surface area contributed by atoms with Gasteiger partial charge in [0.1, 0.15) is 5.82 Å². The van der Waals surface area contributed by atoms with Crippen molar-refractivity contribution in [3.05, 3.63) is 30.1 Å². The Morgan fingerprint density at radius 1 is 1.28 bits per heavy atom. The number of halogens is 1. The second-order valence-electron chi connectivity index (χ2n) is 3.87. The number of urea groups is 1. The van der Waals surface area contributed by atoms with Crippen LogP contribution in [0, 0.1) is 11.2 Å². The number of carbonyl (C=O) groups excluding carboxylic acids is 1. The normalized spacial score (nSPS) is 9.83. The Morgan fingerprint density at radius 3 is 2.56 bits per heavy atom. The third-order valence-electron chi connectivity index (χ3n) is 2.26. The average molecular weight is 252 g/mol. The van der Waals surface area contributed by atoms with E-state index in [1.807, 2.05) is 0 Å². The molecular formula is C12H17FN4O. The summed E-state index contributed by atoms with van der Waals surface area (Å²) >= 11 is 0. The van der Waals surface area contributed by atoms with Gasteiger partial charge in [-0.25, -0.2) is 9.18 Å². The van der Waals surface area contributed by atoms with E-state index in [-0.39, 0.29) is 17.7 Å². The van der Waals surface area contributed by atoms with Crippen LogP contribution in [0.25, 0.3) is 0 Å². The Hall–Kier alpha value is -2.11. The van der Waals surface area contributed by atoms with Crippen LogP contribution in [0.2, 0.25) is 0 Å². The minimum absolute atomic E-state index is 0.158. The quantitative estimate of drug-likeness (QED) is 0.354. The highest BCUT2D eigenvalue weighted by Gasteiger charge is 2.00. The van der Waals surface area contributed by atoms with Gasteiger partial charge in [-0.05, 0) is 37.1 Å². The van der Waals surface area contributed by atoms with Crippen LogP contribution < -0.4 is 16.4 Å². The summed E-state index contributed by atoms with van der Waals surface area (Å²) in [4.78, 5) is 11.4. The number of carbonyl (C=O) groups is 1. The molecule has 0 atom stereocenters. The molecule has 0 saturated carbocycles. The molecule has 0 unspecified atom stereocenters. The zero-order valence-corrected chi connectivity index (χ0v) is 10.0. The smallest absolute Gasteiger partial charge is 0.319 e. The lowest BCUT2D eigenvalue weighted by atomic mass is 10.2. The first-order chi connectivity index (χ1) is 8.58. The molecular weight excluding hydrogens is 235 g/mol. The second-order valence-corrected chi connectivity index (χ2v) is 3.87. The fraction of sp³-hybridized carbons (Fsp3) is 0.333. The number of benzene rings is 1. The summed E-state index contributed by atoms with van der Waals surface area (Å²) in [5.74, 6) is -0.184. The van der Waals surface area contributed by atoms with Crippen molar-refractivity contribution < 1.29 is 9.18 Å². The van der Waals surface area contributed by atoms with Crippen molar-refractivity contribution in [3.8, 4) is 0 Å².